The second-order valence-corrected chi connectivity index (χ2v) is 7.49. The molecule has 1 aromatic carbocycles. The van der Waals surface area contributed by atoms with E-state index in [4.69, 9.17) is 18.9 Å². The number of benzene rings is 1. The molecule has 8 heteroatoms. The van der Waals surface area contributed by atoms with Crippen LogP contribution in [0.4, 0.5) is 0 Å². The van der Waals surface area contributed by atoms with Crippen molar-refractivity contribution in [1.29, 1.82) is 0 Å². The number of rotatable bonds is 5. The molecule has 0 unspecified atom stereocenters. The third-order valence-electron chi connectivity index (χ3n) is 5.74. The second-order valence-electron chi connectivity index (χ2n) is 7.49. The van der Waals surface area contributed by atoms with Gasteiger partial charge >= 0.3 is 23.9 Å². The first-order valence-corrected chi connectivity index (χ1v) is 10.0. The summed E-state index contributed by atoms with van der Waals surface area (Å²) in [5.41, 5.74) is -1.93. The van der Waals surface area contributed by atoms with E-state index in [1.807, 2.05) is 18.2 Å². The first kappa shape index (κ1) is 24.8. The van der Waals surface area contributed by atoms with E-state index in [9.17, 15) is 19.2 Å². The number of carbonyl (C=O) groups excluding carboxylic acids is 4. The van der Waals surface area contributed by atoms with Crippen molar-refractivity contribution in [1.82, 2.24) is 0 Å². The Kier molecular flexibility index (Phi) is 8.34. The van der Waals surface area contributed by atoms with Gasteiger partial charge in [-0.25, -0.2) is 0 Å². The number of ether oxygens (including phenoxy) is 4. The fourth-order valence-corrected chi connectivity index (χ4v) is 3.88. The lowest BCUT2D eigenvalue weighted by molar-refractivity contribution is -0.170. The zero-order valence-electron chi connectivity index (χ0n) is 18.7. The Morgan fingerprint density at radius 2 is 1.09 bits per heavy atom. The summed E-state index contributed by atoms with van der Waals surface area (Å²) in [6.45, 7) is 0. The van der Waals surface area contributed by atoms with Crippen LogP contribution in [0, 0.1) is 10.8 Å². The van der Waals surface area contributed by atoms with E-state index in [0.717, 1.165) is 5.56 Å². The van der Waals surface area contributed by atoms with Gasteiger partial charge in [0.15, 0.2) is 10.8 Å². The fourth-order valence-electron chi connectivity index (χ4n) is 3.88. The largest absolute Gasteiger partial charge is 0.468 e. The molecule has 0 heterocycles. The van der Waals surface area contributed by atoms with Gasteiger partial charge in [0.2, 0.25) is 0 Å². The van der Waals surface area contributed by atoms with Gasteiger partial charge in [0.1, 0.15) is 0 Å². The number of allylic oxidation sites excluding steroid dienone is 4. The Hall–Kier alpha value is -3.42. The number of hydrogen-bond donors (Lipinski definition) is 0. The maximum atomic E-state index is 12.8. The highest BCUT2D eigenvalue weighted by Crippen LogP contribution is 2.41. The van der Waals surface area contributed by atoms with Crippen molar-refractivity contribution >= 4 is 29.5 Å². The topological polar surface area (TPSA) is 105 Å². The highest BCUT2D eigenvalue weighted by Gasteiger charge is 2.50. The minimum Gasteiger partial charge on any atom is -0.468 e. The first-order valence-electron chi connectivity index (χ1n) is 10.0. The predicted molar refractivity (Wildman–Crippen MR) is 115 cm³/mol. The van der Waals surface area contributed by atoms with Crippen LogP contribution in [0.2, 0.25) is 0 Å². The molecule has 0 aliphatic heterocycles. The molecule has 0 N–H and O–H groups in total. The number of hydrogen-bond acceptors (Lipinski definition) is 8. The molecule has 0 spiro atoms. The van der Waals surface area contributed by atoms with Crippen molar-refractivity contribution in [3.8, 4) is 0 Å². The Morgan fingerprint density at radius 1 is 0.656 bits per heavy atom. The zero-order chi connectivity index (χ0) is 23.8. The van der Waals surface area contributed by atoms with Gasteiger partial charge in [-0.1, -0.05) is 48.6 Å². The minimum atomic E-state index is -1.63. The first-order chi connectivity index (χ1) is 15.3. The van der Waals surface area contributed by atoms with Crippen LogP contribution in [0.5, 0.6) is 0 Å². The molecule has 0 bridgehead atoms. The fraction of sp³-hybridized carbons (Fsp3) is 0.417. The molecule has 0 amide bonds. The maximum Gasteiger partial charge on any atom is 0.323 e. The van der Waals surface area contributed by atoms with Crippen LogP contribution in [-0.2, 0) is 38.1 Å². The zero-order valence-corrected chi connectivity index (χ0v) is 18.7. The quantitative estimate of drug-likeness (QED) is 0.295. The van der Waals surface area contributed by atoms with Crippen LogP contribution < -0.4 is 0 Å². The monoisotopic (exact) mass is 444 g/mol. The summed E-state index contributed by atoms with van der Waals surface area (Å²) in [5, 5.41) is 0. The maximum absolute atomic E-state index is 12.8. The third-order valence-corrected chi connectivity index (χ3v) is 5.74. The third kappa shape index (κ3) is 4.74. The summed E-state index contributed by atoms with van der Waals surface area (Å²) >= 11 is 0. The van der Waals surface area contributed by atoms with Gasteiger partial charge in [-0.15, -0.1) is 0 Å². The van der Waals surface area contributed by atoms with Crippen LogP contribution in [0.25, 0.3) is 5.57 Å². The Labute approximate surface area is 187 Å². The SMILES string of the molecule is COC(=O)C1(C(=O)OC)C/C=C\CC(C(=O)OC)(C(=O)OC)C/C(c2ccccc2)=C\C1. The van der Waals surface area contributed by atoms with Crippen LogP contribution in [-0.4, -0.2) is 52.3 Å². The van der Waals surface area contributed by atoms with E-state index in [0.29, 0.717) is 5.57 Å². The predicted octanol–water partition coefficient (Wildman–Crippen LogP) is 2.87. The van der Waals surface area contributed by atoms with Crippen molar-refractivity contribution in [2.45, 2.75) is 25.7 Å². The summed E-state index contributed by atoms with van der Waals surface area (Å²) in [7, 11) is 4.83. The van der Waals surface area contributed by atoms with Crippen LogP contribution in [0.3, 0.4) is 0 Å². The normalized spacial score (nSPS) is 19.9. The van der Waals surface area contributed by atoms with Gasteiger partial charge < -0.3 is 18.9 Å². The van der Waals surface area contributed by atoms with Crippen molar-refractivity contribution < 1.29 is 38.1 Å². The molecule has 172 valence electrons. The Balaban J connectivity index is 2.71. The molecule has 32 heavy (non-hydrogen) atoms. The second kappa shape index (κ2) is 10.7. The minimum absolute atomic E-state index is 0.0384. The molecule has 0 atom stereocenters. The Morgan fingerprint density at radius 3 is 1.56 bits per heavy atom. The average Bonchev–Trinajstić information content (AvgIpc) is 2.85. The smallest absolute Gasteiger partial charge is 0.323 e. The lowest BCUT2D eigenvalue weighted by Crippen LogP contribution is -2.42. The molecule has 0 saturated heterocycles. The highest BCUT2D eigenvalue weighted by molar-refractivity contribution is 6.03. The van der Waals surface area contributed by atoms with Crippen molar-refractivity contribution in [3.63, 3.8) is 0 Å². The van der Waals surface area contributed by atoms with E-state index >= 15 is 0 Å². The molecule has 0 saturated carbocycles. The molecule has 0 aromatic heterocycles. The van der Waals surface area contributed by atoms with Gasteiger partial charge in [0.25, 0.3) is 0 Å². The standard InChI is InChI=1S/C24H28O8/c1-29-19(25)23(20(26)30-2)13-8-9-14-24(21(27)31-3,22(28)32-4)16-18(12-15-23)17-10-6-5-7-11-17/h5-12H,13-16H2,1-4H3/b9-8-,18-12+. The van der Waals surface area contributed by atoms with Crippen LogP contribution >= 0.6 is 0 Å². The van der Waals surface area contributed by atoms with Crippen LogP contribution in [0.15, 0.2) is 48.6 Å². The van der Waals surface area contributed by atoms with Gasteiger partial charge in [-0.3, -0.25) is 19.2 Å². The number of carbonyl (C=O) groups is 4. The van der Waals surface area contributed by atoms with Crippen molar-refractivity contribution in [2.75, 3.05) is 28.4 Å². The molecular weight excluding hydrogens is 416 g/mol. The molecular formula is C24H28O8. The molecule has 1 aromatic rings. The summed E-state index contributed by atoms with van der Waals surface area (Å²) in [6.07, 6.45) is 4.61. The van der Waals surface area contributed by atoms with Gasteiger partial charge in [0.05, 0.1) is 28.4 Å². The van der Waals surface area contributed by atoms with E-state index in [2.05, 4.69) is 0 Å². The molecule has 0 radical (unpaired) electrons. The van der Waals surface area contributed by atoms with Gasteiger partial charge in [0, 0.05) is 0 Å². The highest BCUT2D eigenvalue weighted by atomic mass is 16.6. The lowest BCUT2D eigenvalue weighted by atomic mass is 9.73. The van der Waals surface area contributed by atoms with Crippen LogP contribution in [0.1, 0.15) is 31.2 Å². The summed E-state index contributed by atoms with van der Waals surface area (Å²) < 4.78 is 19.8. The molecule has 8 nitrogen and oxygen atoms in total. The number of methoxy groups -OCH3 is 4. The summed E-state index contributed by atoms with van der Waals surface area (Å²) in [4.78, 5) is 51.1. The van der Waals surface area contributed by atoms with Gasteiger partial charge in [-0.05, 0) is 36.8 Å². The Bertz CT molecular complexity index is 881. The van der Waals surface area contributed by atoms with E-state index in [1.165, 1.54) is 28.4 Å². The van der Waals surface area contributed by atoms with Crippen molar-refractivity contribution in [2.24, 2.45) is 10.8 Å². The molecule has 1 aliphatic carbocycles. The molecule has 2 rings (SSSR count). The van der Waals surface area contributed by atoms with Gasteiger partial charge in [-0.2, -0.15) is 0 Å². The van der Waals surface area contributed by atoms with E-state index in [1.54, 1.807) is 30.4 Å². The van der Waals surface area contributed by atoms with E-state index in [-0.39, 0.29) is 25.7 Å². The summed E-state index contributed by atoms with van der Waals surface area (Å²) in [5.74, 6) is -2.93. The number of esters is 4. The van der Waals surface area contributed by atoms with E-state index < -0.39 is 34.7 Å². The lowest BCUT2D eigenvalue weighted by Gasteiger charge is -2.31. The van der Waals surface area contributed by atoms with Crippen molar-refractivity contribution in [3.05, 3.63) is 54.1 Å². The molecule has 0 fully saturated rings. The summed E-state index contributed by atoms with van der Waals surface area (Å²) in [6, 6.07) is 9.06. The molecule has 1 aliphatic rings. The average molecular weight is 444 g/mol.